The molecular formula is C22H23N5O2. The van der Waals surface area contributed by atoms with Crippen LogP contribution in [0.1, 0.15) is 40.5 Å². The molecule has 2 N–H and O–H groups in total. The van der Waals surface area contributed by atoms with Crippen molar-refractivity contribution in [1.29, 1.82) is 0 Å². The van der Waals surface area contributed by atoms with Crippen molar-refractivity contribution in [3.8, 4) is 11.6 Å². The van der Waals surface area contributed by atoms with Gasteiger partial charge < -0.3 is 10.5 Å². The molecule has 1 amide bonds. The normalized spacial score (nSPS) is 17.0. The Morgan fingerprint density at radius 1 is 1.07 bits per heavy atom. The largest absolute Gasteiger partial charge is 0.437 e. The monoisotopic (exact) mass is 389 g/mol. The Hall–Kier alpha value is -3.32. The molecule has 0 bridgehead atoms. The molecule has 0 unspecified atom stereocenters. The summed E-state index contributed by atoms with van der Waals surface area (Å²) in [4.78, 5) is 27.1. The quantitative estimate of drug-likeness (QED) is 0.696. The van der Waals surface area contributed by atoms with Gasteiger partial charge in [-0.05, 0) is 55.8 Å². The minimum absolute atomic E-state index is 0.237. The van der Waals surface area contributed by atoms with Crippen LogP contribution in [0.4, 0.5) is 0 Å². The second-order valence-electron chi connectivity index (χ2n) is 7.13. The first-order valence-electron chi connectivity index (χ1n) is 9.70. The molecule has 0 spiro atoms. The Morgan fingerprint density at radius 2 is 1.90 bits per heavy atom. The highest BCUT2D eigenvalue weighted by Crippen LogP contribution is 2.33. The SMILES string of the molecule is NC(=O)c1ccc(Oc2nccnc2[C@@H]2CCCN(Cc3ccccn3)C2)cc1. The van der Waals surface area contributed by atoms with E-state index < -0.39 is 5.91 Å². The summed E-state index contributed by atoms with van der Waals surface area (Å²) in [6.45, 7) is 2.74. The fourth-order valence-electron chi connectivity index (χ4n) is 3.64. The number of nitrogens with zero attached hydrogens (tertiary/aromatic N) is 4. The van der Waals surface area contributed by atoms with Gasteiger partial charge in [0.25, 0.3) is 0 Å². The molecule has 1 fully saturated rings. The fraction of sp³-hybridized carbons (Fsp3) is 0.273. The number of piperidine rings is 1. The summed E-state index contributed by atoms with van der Waals surface area (Å²) in [5, 5.41) is 0. The van der Waals surface area contributed by atoms with Gasteiger partial charge in [-0.1, -0.05) is 6.07 Å². The molecule has 2 aromatic heterocycles. The molecule has 0 saturated carbocycles. The number of benzene rings is 1. The number of primary amides is 1. The van der Waals surface area contributed by atoms with E-state index in [1.54, 1.807) is 36.7 Å². The zero-order valence-electron chi connectivity index (χ0n) is 16.1. The zero-order chi connectivity index (χ0) is 20.1. The topological polar surface area (TPSA) is 94.2 Å². The van der Waals surface area contributed by atoms with Gasteiger partial charge in [0.2, 0.25) is 11.8 Å². The van der Waals surface area contributed by atoms with E-state index in [0.717, 1.165) is 43.9 Å². The smallest absolute Gasteiger partial charge is 0.248 e. The second-order valence-corrected chi connectivity index (χ2v) is 7.13. The van der Waals surface area contributed by atoms with Crippen molar-refractivity contribution < 1.29 is 9.53 Å². The third-order valence-electron chi connectivity index (χ3n) is 5.05. The Morgan fingerprint density at radius 3 is 2.66 bits per heavy atom. The first-order chi connectivity index (χ1) is 14.2. The molecule has 148 valence electrons. The number of rotatable bonds is 6. The highest BCUT2D eigenvalue weighted by atomic mass is 16.5. The van der Waals surface area contributed by atoms with Crippen LogP contribution >= 0.6 is 0 Å². The van der Waals surface area contributed by atoms with Crippen LogP contribution in [0.15, 0.2) is 61.1 Å². The highest BCUT2D eigenvalue weighted by Gasteiger charge is 2.26. The van der Waals surface area contributed by atoms with Crippen LogP contribution < -0.4 is 10.5 Å². The van der Waals surface area contributed by atoms with Gasteiger partial charge in [-0.25, -0.2) is 4.98 Å². The number of amides is 1. The van der Waals surface area contributed by atoms with Crippen molar-refractivity contribution >= 4 is 5.91 Å². The van der Waals surface area contributed by atoms with Crippen molar-refractivity contribution in [2.75, 3.05) is 13.1 Å². The average molecular weight is 389 g/mol. The molecule has 29 heavy (non-hydrogen) atoms. The molecule has 3 heterocycles. The summed E-state index contributed by atoms with van der Waals surface area (Å²) in [5.41, 5.74) is 7.66. The molecule has 0 radical (unpaired) electrons. The average Bonchev–Trinajstić information content (AvgIpc) is 2.75. The third-order valence-corrected chi connectivity index (χ3v) is 5.05. The number of likely N-dealkylation sites (tertiary alicyclic amines) is 1. The maximum absolute atomic E-state index is 11.2. The number of carbonyl (C=O) groups is 1. The molecule has 3 aromatic rings. The molecule has 1 aliphatic rings. The molecule has 0 aliphatic carbocycles. The highest BCUT2D eigenvalue weighted by molar-refractivity contribution is 5.92. The van der Waals surface area contributed by atoms with Crippen LogP contribution in [0.25, 0.3) is 0 Å². The number of hydrogen-bond donors (Lipinski definition) is 1. The van der Waals surface area contributed by atoms with E-state index in [9.17, 15) is 4.79 Å². The minimum atomic E-state index is -0.466. The van der Waals surface area contributed by atoms with Crippen LogP contribution in [0.3, 0.4) is 0 Å². The Labute approximate surface area is 169 Å². The molecule has 1 saturated heterocycles. The summed E-state index contributed by atoms with van der Waals surface area (Å²) in [6, 6.07) is 12.7. The number of pyridine rings is 1. The number of carbonyl (C=O) groups excluding carboxylic acids is 1. The summed E-state index contributed by atoms with van der Waals surface area (Å²) < 4.78 is 5.99. The van der Waals surface area contributed by atoms with Gasteiger partial charge >= 0.3 is 0 Å². The van der Waals surface area contributed by atoms with Gasteiger partial charge in [0.1, 0.15) is 11.4 Å². The number of hydrogen-bond acceptors (Lipinski definition) is 6. The molecule has 1 atom stereocenters. The summed E-state index contributed by atoms with van der Waals surface area (Å²) >= 11 is 0. The van der Waals surface area contributed by atoms with Crippen molar-refractivity contribution in [2.45, 2.75) is 25.3 Å². The summed E-state index contributed by atoms with van der Waals surface area (Å²) in [7, 11) is 0. The summed E-state index contributed by atoms with van der Waals surface area (Å²) in [5.74, 6) is 0.870. The predicted octanol–water partition coefficient (Wildman–Crippen LogP) is 3.14. The van der Waals surface area contributed by atoms with Crippen LogP contribution in [-0.4, -0.2) is 38.8 Å². The van der Waals surface area contributed by atoms with Crippen molar-refractivity contribution in [3.05, 3.63) is 78.0 Å². The molecule has 1 aliphatic heterocycles. The van der Waals surface area contributed by atoms with E-state index in [-0.39, 0.29) is 5.92 Å². The van der Waals surface area contributed by atoms with E-state index in [2.05, 4.69) is 25.9 Å². The minimum Gasteiger partial charge on any atom is -0.437 e. The molecule has 7 heteroatoms. The van der Waals surface area contributed by atoms with Crippen LogP contribution in [0.5, 0.6) is 11.6 Å². The van der Waals surface area contributed by atoms with E-state index in [1.807, 2.05) is 18.3 Å². The first kappa shape index (κ1) is 19.0. The lowest BCUT2D eigenvalue weighted by molar-refractivity contribution is 0.100. The molecule has 1 aromatic carbocycles. The first-order valence-corrected chi connectivity index (χ1v) is 9.70. The summed E-state index contributed by atoms with van der Waals surface area (Å²) in [6.07, 6.45) is 7.28. The lowest BCUT2D eigenvalue weighted by Crippen LogP contribution is -2.34. The number of ether oxygens (including phenoxy) is 1. The van der Waals surface area contributed by atoms with E-state index >= 15 is 0 Å². The Balaban J connectivity index is 1.49. The van der Waals surface area contributed by atoms with Gasteiger partial charge in [-0.15, -0.1) is 0 Å². The van der Waals surface area contributed by atoms with Crippen molar-refractivity contribution in [3.63, 3.8) is 0 Å². The molecule has 7 nitrogen and oxygen atoms in total. The lowest BCUT2D eigenvalue weighted by atomic mass is 9.94. The second kappa shape index (κ2) is 8.79. The van der Waals surface area contributed by atoms with Crippen LogP contribution in [0.2, 0.25) is 0 Å². The van der Waals surface area contributed by atoms with Crippen molar-refractivity contribution in [2.24, 2.45) is 5.73 Å². The van der Waals surface area contributed by atoms with E-state index in [0.29, 0.717) is 17.2 Å². The molecule has 4 rings (SSSR count). The van der Waals surface area contributed by atoms with E-state index in [4.69, 9.17) is 10.5 Å². The van der Waals surface area contributed by atoms with E-state index in [1.165, 1.54) is 0 Å². The van der Waals surface area contributed by atoms with Gasteiger partial charge in [-0.2, -0.15) is 0 Å². The Bertz CT molecular complexity index is 962. The predicted molar refractivity (Wildman–Crippen MR) is 109 cm³/mol. The fourth-order valence-corrected chi connectivity index (χ4v) is 3.64. The van der Waals surface area contributed by atoms with Gasteiger partial charge in [0.15, 0.2) is 0 Å². The standard InChI is InChI=1S/C22H23N5O2/c23-21(28)16-6-8-19(9-7-16)29-22-20(25-11-12-26-22)17-4-3-13-27(14-17)15-18-5-1-2-10-24-18/h1-2,5-12,17H,3-4,13-15H2,(H2,23,28)/t17-/m1/s1. The maximum atomic E-state index is 11.2. The zero-order valence-corrected chi connectivity index (χ0v) is 16.1. The van der Waals surface area contributed by atoms with Crippen LogP contribution in [0, 0.1) is 0 Å². The Kier molecular flexibility index (Phi) is 5.76. The third kappa shape index (κ3) is 4.75. The number of nitrogens with two attached hydrogens (primary N) is 1. The lowest BCUT2D eigenvalue weighted by Gasteiger charge is -2.32. The maximum Gasteiger partial charge on any atom is 0.248 e. The van der Waals surface area contributed by atoms with Gasteiger partial charge in [0.05, 0.1) is 5.69 Å². The molecular weight excluding hydrogens is 366 g/mol. The van der Waals surface area contributed by atoms with Crippen molar-refractivity contribution in [1.82, 2.24) is 19.9 Å². The number of aromatic nitrogens is 3. The van der Waals surface area contributed by atoms with Crippen LogP contribution in [-0.2, 0) is 6.54 Å². The van der Waals surface area contributed by atoms with Gasteiger partial charge in [-0.3, -0.25) is 19.7 Å². The van der Waals surface area contributed by atoms with Gasteiger partial charge in [0, 0.05) is 43.2 Å².